The van der Waals surface area contributed by atoms with Crippen LogP contribution in [0.5, 0.6) is 0 Å². The number of benzene rings is 3. The fourth-order valence-corrected chi connectivity index (χ4v) is 4.78. The lowest BCUT2D eigenvalue weighted by molar-refractivity contribution is -0.147. The van der Waals surface area contributed by atoms with Gasteiger partial charge in [0.2, 0.25) is 0 Å². The predicted octanol–water partition coefficient (Wildman–Crippen LogP) is 5.38. The Balaban J connectivity index is 1.56. The Hall–Kier alpha value is -3.73. The van der Waals surface area contributed by atoms with Crippen LogP contribution in [0.2, 0.25) is 0 Å². The van der Waals surface area contributed by atoms with Gasteiger partial charge >= 0.3 is 5.97 Å². The third-order valence-electron chi connectivity index (χ3n) is 6.58. The maximum atomic E-state index is 13.5. The minimum atomic E-state index is -0.457. The summed E-state index contributed by atoms with van der Waals surface area (Å²) in [5.41, 5.74) is 5.06. The molecule has 2 atom stereocenters. The molecular weight excluding hydrogens is 424 g/mol. The number of amides is 1. The number of rotatable bonds is 7. The lowest BCUT2D eigenvalue weighted by Gasteiger charge is -2.30. The minimum absolute atomic E-state index is 0.0555. The Kier molecular flexibility index (Phi) is 7.21. The smallest absolute Gasteiger partial charge is 0.311 e. The zero-order valence-electron chi connectivity index (χ0n) is 19.7. The normalized spacial score (nSPS) is 16.2. The SMILES string of the molecule is COC(=O)C(Cc1cccc(C(C)=N)c1)[C@H]1CCCN1C(=O)c1ccc(-c2ccccc2)cc1. The van der Waals surface area contributed by atoms with Gasteiger partial charge in [0.05, 0.1) is 13.0 Å². The second-order valence-corrected chi connectivity index (χ2v) is 8.81. The first-order valence-corrected chi connectivity index (χ1v) is 11.7. The molecule has 5 nitrogen and oxygen atoms in total. The van der Waals surface area contributed by atoms with E-state index >= 15 is 0 Å². The van der Waals surface area contributed by atoms with Crippen LogP contribution in [0.3, 0.4) is 0 Å². The lowest BCUT2D eigenvalue weighted by Crippen LogP contribution is -2.44. The third kappa shape index (κ3) is 5.09. The summed E-state index contributed by atoms with van der Waals surface area (Å²) < 4.78 is 5.15. The Labute approximate surface area is 200 Å². The van der Waals surface area contributed by atoms with Gasteiger partial charge in [0.25, 0.3) is 5.91 Å². The summed E-state index contributed by atoms with van der Waals surface area (Å²) in [6.45, 7) is 2.37. The molecule has 0 bridgehead atoms. The summed E-state index contributed by atoms with van der Waals surface area (Å²) in [5.74, 6) is -0.817. The summed E-state index contributed by atoms with van der Waals surface area (Å²) in [6, 6.07) is 25.2. The Morgan fingerprint density at radius 1 is 0.971 bits per heavy atom. The summed E-state index contributed by atoms with van der Waals surface area (Å²) in [5, 5.41) is 7.91. The van der Waals surface area contributed by atoms with E-state index in [4.69, 9.17) is 10.1 Å². The van der Waals surface area contributed by atoms with Crippen molar-refractivity contribution in [3.63, 3.8) is 0 Å². The largest absolute Gasteiger partial charge is 0.469 e. The number of ether oxygens (including phenoxy) is 1. The van der Waals surface area contributed by atoms with Crippen molar-refractivity contribution >= 4 is 17.6 Å². The molecule has 1 aliphatic rings. The number of methoxy groups -OCH3 is 1. The molecule has 0 saturated carbocycles. The molecule has 0 aromatic heterocycles. The molecule has 1 saturated heterocycles. The Morgan fingerprint density at radius 3 is 2.35 bits per heavy atom. The molecule has 34 heavy (non-hydrogen) atoms. The van der Waals surface area contributed by atoms with Gasteiger partial charge in [0.15, 0.2) is 0 Å². The van der Waals surface area contributed by atoms with Crippen LogP contribution in [0.15, 0.2) is 78.9 Å². The number of likely N-dealkylation sites (tertiary alicyclic amines) is 1. The lowest BCUT2D eigenvalue weighted by atomic mass is 9.89. The number of nitrogens with one attached hydrogen (secondary N) is 1. The maximum Gasteiger partial charge on any atom is 0.311 e. The number of hydrogen-bond acceptors (Lipinski definition) is 4. The van der Waals surface area contributed by atoms with Gasteiger partial charge in [-0.2, -0.15) is 0 Å². The first kappa shape index (κ1) is 23.4. The molecule has 1 heterocycles. The molecule has 174 valence electrons. The van der Waals surface area contributed by atoms with Crippen LogP contribution < -0.4 is 0 Å². The van der Waals surface area contributed by atoms with Crippen molar-refractivity contribution in [1.29, 1.82) is 5.41 Å². The highest BCUT2D eigenvalue weighted by molar-refractivity contribution is 5.96. The molecule has 1 fully saturated rings. The van der Waals surface area contributed by atoms with Gasteiger partial charge < -0.3 is 15.0 Å². The molecule has 5 heteroatoms. The van der Waals surface area contributed by atoms with Crippen LogP contribution in [0.25, 0.3) is 11.1 Å². The van der Waals surface area contributed by atoms with Crippen LogP contribution in [-0.4, -0.2) is 42.2 Å². The van der Waals surface area contributed by atoms with Crippen molar-refractivity contribution in [1.82, 2.24) is 4.90 Å². The Morgan fingerprint density at radius 2 is 1.68 bits per heavy atom. The van der Waals surface area contributed by atoms with Gasteiger partial charge in [-0.3, -0.25) is 9.59 Å². The van der Waals surface area contributed by atoms with Crippen molar-refractivity contribution in [3.8, 4) is 11.1 Å². The van der Waals surface area contributed by atoms with Crippen LogP contribution in [-0.2, 0) is 16.0 Å². The fraction of sp³-hybridized carbons (Fsp3) is 0.276. The standard InChI is InChI=1S/C29H30N2O3/c1-20(30)25-11-6-8-21(18-25)19-26(29(33)34-2)27-12-7-17-31(27)28(32)24-15-13-23(14-16-24)22-9-4-3-5-10-22/h3-6,8-11,13-16,18,26-27,30H,7,12,17,19H2,1-2H3/t26?,27-/m1/s1. The molecule has 1 unspecified atom stereocenters. The highest BCUT2D eigenvalue weighted by Gasteiger charge is 2.39. The first-order chi connectivity index (χ1) is 16.5. The molecule has 1 aliphatic heterocycles. The van der Waals surface area contributed by atoms with E-state index in [-0.39, 0.29) is 17.9 Å². The van der Waals surface area contributed by atoms with Gasteiger partial charge in [0, 0.05) is 23.9 Å². The van der Waals surface area contributed by atoms with Crippen molar-refractivity contribution in [3.05, 3.63) is 95.6 Å². The third-order valence-corrected chi connectivity index (χ3v) is 6.58. The average Bonchev–Trinajstić information content (AvgIpc) is 3.37. The van der Waals surface area contributed by atoms with Gasteiger partial charge in [-0.05, 0) is 66.6 Å². The van der Waals surface area contributed by atoms with Gasteiger partial charge in [-0.25, -0.2) is 0 Å². The Bertz CT molecular complexity index is 1170. The second kappa shape index (κ2) is 10.5. The van der Waals surface area contributed by atoms with Crippen molar-refractivity contribution in [2.45, 2.75) is 32.2 Å². The monoisotopic (exact) mass is 454 g/mol. The molecular formula is C29H30N2O3. The minimum Gasteiger partial charge on any atom is -0.469 e. The molecule has 3 aromatic carbocycles. The topological polar surface area (TPSA) is 70.5 Å². The van der Waals surface area contributed by atoms with E-state index in [9.17, 15) is 9.59 Å². The summed E-state index contributed by atoms with van der Waals surface area (Å²) in [7, 11) is 1.40. The number of hydrogen-bond donors (Lipinski definition) is 1. The van der Waals surface area contributed by atoms with E-state index in [1.165, 1.54) is 7.11 Å². The van der Waals surface area contributed by atoms with Gasteiger partial charge in [-0.1, -0.05) is 60.7 Å². The van der Waals surface area contributed by atoms with E-state index in [0.29, 0.717) is 24.2 Å². The number of carbonyl (C=O) groups is 2. The fourth-order valence-electron chi connectivity index (χ4n) is 4.78. The van der Waals surface area contributed by atoms with Crippen LogP contribution in [0.4, 0.5) is 0 Å². The van der Waals surface area contributed by atoms with Crippen LogP contribution in [0, 0.1) is 11.3 Å². The first-order valence-electron chi connectivity index (χ1n) is 11.7. The maximum absolute atomic E-state index is 13.5. The molecule has 0 radical (unpaired) electrons. The quantitative estimate of drug-likeness (QED) is 0.385. The summed E-state index contributed by atoms with van der Waals surface area (Å²) >= 11 is 0. The van der Waals surface area contributed by atoms with E-state index in [1.807, 2.05) is 83.8 Å². The predicted molar refractivity (Wildman–Crippen MR) is 134 cm³/mol. The average molecular weight is 455 g/mol. The van der Waals surface area contributed by atoms with E-state index in [2.05, 4.69) is 0 Å². The molecule has 4 rings (SSSR count). The molecule has 0 aliphatic carbocycles. The van der Waals surface area contributed by atoms with Crippen molar-refractivity contribution in [2.24, 2.45) is 5.92 Å². The second-order valence-electron chi connectivity index (χ2n) is 8.81. The number of nitrogens with zero attached hydrogens (tertiary/aromatic N) is 1. The number of carbonyl (C=O) groups excluding carboxylic acids is 2. The highest BCUT2D eigenvalue weighted by atomic mass is 16.5. The molecule has 0 spiro atoms. The van der Waals surface area contributed by atoms with E-state index in [0.717, 1.165) is 35.1 Å². The molecule has 3 aromatic rings. The zero-order valence-corrected chi connectivity index (χ0v) is 19.7. The van der Waals surface area contributed by atoms with Crippen molar-refractivity contribution in [2.75, 3.05) is 13.7 Å². The van der Waals surface area contributed by atoms with Crippen LogP contribution >= 0.6 is 0 Å². The summed E-state index contributed by atoms with van der Waals surface area (Å²) in [6.07, 6.45) is 2.08. The number of esters is 1. The zero-order chi connectivity index (χ0) is 24.1. The molecule has 1 N–H and O–H groups in total. The van der Waals surface area contributed by atoms with Crippen molar-refractivity contribution < 1.29 is 14.3 Å². The highest BCUT2D eigenvalue weighted by Crippen LogP contribution is 2.30. The van der Waals surface area contributed by atoms with E-state index < -0.39 is 5.92 Å². The van der Waals surface area contributed by atoms with Gasteiger partial charge in [0.1, 0.15) is 0 Å². The van der Waals surface area contributed by atoms with Crippen LogP contribution in [0.1, 0.15) is 41.3 Å². The summed E-state index contributed by atoms with van der Waals surface area (Å²) in [4.78, 5) is 28.1. The van der Waals surface area contributed by atoms with Gasteiger partial charge in [-0.15, -0.1) is 0 Å². The molecule has 1 amide bonds. The van der Waals surface area contributed by atoms with E-state index in [1.54, 1.807) is 6.92 Å².